The molecule has 6 aromatic carbocycles. The number of rotatable bonds is 5. The van der Waals surface area contributed by atoms with Crippen molar-refractivity contribution in [1.82, 2.24) is 15.0 Å². The van der Waals surface area contributed by atoms with Gasteiger partial charge in [0.15, 0.2) is 17.5 Å². The van der Waals surface area contributed by atoms with Gasteiger partial charge in [-0.2, -0.15) is 0 Å². The van der Waals surface area contributed by atoms with Crippen molar-refractivity contribution >= 4 is 10.8 Å². The van der Waals surface area contributed by atoms with E-state index in [9.17, 15) is 0 Å². The Bertz CT molecular complexity index is 2260. The average Bonchev–Trinajstić information content (AvgIpc) is 3.30. The third-order valence-corrected chi connectivity index (χ3v) is 9.71. The second-order valence-electron chi connectivity index (χ2n) is 14.1. The largest absolute Gasteiger partial charge is 0.208 e. The molecule has 3 nitrogen and oxygen atoms in total. The summed E-state index contributed by atoms with van der Waals surface area (Å²) in [5.74, 6) is 2.03. The summed E-state index contributed by atoms with van der Waals surface area (Å²) < 4.78 is 0. The summed E-state index contributed by atoms with van der Waals surface area (Å²) in [6.45, 7) is 9.39. The van der Waals surface area contributed by atoms with Gasteiger partial charge in [-0.1, -0.05) is 149 Å². The maximum atomic E-state index is 5.14. The van der Waals surface area contributed by atoms with Crippen LogP contribution in [-0.2, 0) is 10.8 Å². The van der Waals surface area contributed by atoms with E-state index in [0.717, 1.165) is 34.2 Å². The van der Waals surface area contributed by atoms with E-state index in [1.807, 2.05) is 6.07 Å². The van der Waals surface area contributed by atoms with Gasteiger partial charge in [0.1, 0.15) is 0 Å². The molecule has 3 heteroatoms. The molecule has 0 N–H and O–H groups in total. The summed E-state index contributed by atoms with van der Waals surface area (Å²) in [5, 5.41) is 2.46. The first kappa shape index (κ1) is 29.0. The normalized spacial score (nSPS) is 14.6. The first-order valence-corrected chi connectivity index (χ1v) is 16.4. The number of hydrogen-bond donors (Lipinski definition) is 0. The van der Waals surface area contributed by atoms with Crippen LogP contribution in [0.4, 0.5) is 0 Å². The van der Waals surface area contributed by atoms with Gasteiger partial charge in [-0.3, -0.25) is 0 Å². The fraction of sp³-hybridized carbons (Fsp3) is 0.159. The molecule has 0 radical (unpaired) electrons. The maximum Gasteiger partial charge on any atom is 0.164 e. The number of benzene rings is 6. The predicted octanol–water partition coefficient (Wildman–Crippen LogP) is 11.3. The number of nitrogens with zero attached hydrogens (tertiary/aromatic N) is 3. The topological polar surface area (TPSA) is 38.7 Å². The van der Waals surface area contributed by atoms with Crippen LogP contribution in [0.1, 0.15) is 45.2 Å². The number of hydrogen-bond acceptors (Lipinski definition) is 3. The van der Waals surface area contributed by atoms with Gasteiger partial charge in [0, 0.05) is 16.7 Å². The third-order valence-electron chi connectivity index (χ3n) is 9.71. The van der Waals surface area contributed by atoms with Crippen molar-refractivity contribution in [3.05, 3.63) is 151 Å². The molecule has 0 saturated heterocycles. The lowest BCUT2D eigenvalue weighted by Gasteiger charge is -2.22. The molecule has 8 rings (SSSR count). The van der Waals surface area contributed by atoms with Crippen molar-refractivity contribution in [3.63, 3.8) is 0 Å². The molecule has 1 heterocycles. The molecule has 0 aliphatic heterocycles. The fourth-order valence-electron chi connectivity index (χ4n) is 7.54. The van der Waals surface area contributed by atoms with Crippen molar-refractivity contribution in [2.45, 2.75) is 44.9 Å². The molecule has 0 atom stereocenters. The Morgan fingerprint density at radius 1 is 0.362 bits per heavy atom. The molecular weight excluding hydrogens is 571 g/mol. The molecule has 47 heavy (non-hydrogen) atoms. The minimum Gasteiger partial charge on any atom is -0.208 e. The molecule has 0 saturated carbocycles. The van der Waals surface area contributed by atoms with Gasteiger partial charge < -0.3 is 0 Å². The molecule has 1 aliphatic rings. The van der Waals surface area contributed by atoms with Gasteiger partial charge >= 0.3 is 0 Å². The fourth-order valence-corrected chi connectivity index (χ4v) is 7.54. The monoisotopic (exact) mass is 607 g/mol. The zero-order valence-corrected chi connectivity index (χ0v) is 27.3. The second kappa shape index (κ2) is 11.1. The van der Waals surface area contributed by atoms with Crippen LogP contribution in [0.5, 0.6) is 0 Å². The Hall–Kier alpha value is -5.41. The lowest BCUT2D eigenvalue weighted by Crippen LogP contribution is -2.17. The van der Waals surface area contributed by atoms with E-state index < -0.39 is 0 Å². The van der Waals surface area contributed by atoms with E-state index in [0.29, 0.717) is 17.5 Å². The lowest BCUT2D eigenvalue weighted by atomic mass is 9.82. The van der Waals surface area contributed by atoms with Gasteiger partial charge in [-0.25, -0.2) is 15.0 Å². The lowest BCUT2D eigenvalue weighted by molar-refractivity contribution is 0.403. The van der Waals surface area contributed by atoms with Gasteiger partial charge in [0.25, 0.3) is 0 Å². The summed E-state index contributed by atoms with van der Waals surface area (Å²) in [5.41, 5.74) is 10.6. The van der Waals surface area contributed by atoms with Gasteiger partial charge in [0.05, 0.1) is 0 Å². The van der Waals surface area contributed by atoms with Gasteiger partial charge in [-0.05, 0) is 79.6 Å². The summed E-state index contributed by atoms with van der Waals surface area (Å²) >= 11 is 0. The average molecular weight is 608 g/mol. The SMILES string of the molecule is CC1(C)CC(C)(C)c2cc(-c3nc(-c4ccc(-c5ccccc5)cc4)nc(-c4cccc(-c5ccc6ccccc6c5)c4)n3)ccc21. The first-order valence-electron chi connectivity index (χ1n) is 16.4. The van der Waals surface area contributed by atoms with E-state index in [2.05, 4.69) is 161 Å². The summed E-state index contributed by atoms with van der Waals surface area (Å²) in [4.78, 5) is 15.3. The molecule has 0 spiro atoms. The van der Waals surface area contributed by atoms with Crippen LogP contribution in [0.25, 0.3) is 67.2 Å². The van der Waals surface area contributed by atoms with Crippen molar-refractivity contribution in [1.29, 1.82) is 0 Å². The number of aromatic nitrogens is 3. The van der Waals surface area contributed by atoms with E-state index in [4.69, 9.17) is 15.0 Å². The van der Waals surface area contributed by atoms with E-state index in [1.165, 1.54) is 33.0 Å². The Labute approximate surface area is 277 Å². The van der Waals surface area contributed by atoms with Crippen molar-refractivity contribution < 1.29 is 0 Å². The standard InChI is InChI=1S/C44H37N3/c1-43(2)28-44(3,4)39-27-37(23-24-38(39)43)42-46-40(32-20-17-31(18-21-32)29-11-6-5-7-12-29)45-41(47-42)36-16-10-15-34(26-36)35-22-19-30-13-8-9-14-33(30)25-35/h5-27H,28H2,1-4H3. The van der Waals surface area contributed by atoms with Crippen LogP contribution in [-0.4, -0.2) is 15.0 Å². The van der Waals surface area contributed by atoms with Gasteiger partial charge in [-0.15, -0.1) is 0 Å². The van der Waals surface area contributed by atoms with Crippen molar-refractivity contribution in [2.24, 2.45) is 0 Å². The zero-order chi connectivity index (χ0) is 32.2. The zero-order valence-electron chi connectivity index (χ0n) is 27.3. The van der Waals surface area contributed by atoms with Crippen LogP contribution < -0.4 is 0 Å². The van der Waals surface area contributed by atoms with E-state index in [1.54, 1.807) is 0 Å². The molecule has 0 bridgehead atoms. The Morgan fingerprint density at radius 3 is 1.60 bits per heavy atom. The first-order chi connectivity index (χ1) is 22.7. The minimum atomic E-state index is 0.0784. The molecule has 7 aromatic rings. The highest BCUT2D eigenvalue weighted by Gasteiger charge is 2.41. The second-order valence-corrected chi connectivity index (χ2v) is 14.1. The van der Waals surface area contributed by atoms with Crippen LogP contribution in [0, 0.1) is 0 Å². The molecule has 228 valence electrons. The van der Waals surface area contributed by atoms with Crippen LogP contribution in [0.2, 0.25) is 0 Å². The Balaban J connectivity index is 1.26. The predicted molar refractivity (Wildman–Crippen MR) is 195 cm³/mol. The van der Waals surface area contributed by atoms with Crippen molar-refractivity contribution in [3.8, 4) is 56.4 Å². The smallest absolute Gasteiger partial charge is 0.164 e. The molecule has 0 amide bonds. The highest BCUT2D eigenvalue weighted by atomic mass is 15.0. The van der Waals surface area contributed by atoms with Gasteiger partial charge in [0.2, 0.25) is 0 Å². The third kappa shape index (κ3) is 5.42. The Morgan fingerprint density at radius 2 is 0.851 bits per heavy atom. The van der Waals surface area contributed by atoms with E-state index in [-0.39, 0.29) is 10.8 Å². The molecule has 0 fully saturated rings. The van der Waals surface area contributed by atoms with Crippen LogP contribution >= 0.6 is 0 Å². The Kier molecular flexibility index (Phi) is 6.88. The minimum absolute atomic E-state index is 0.0784. The molecule has 1 aromatic heterocycles. The summed E-state index contributed by atoms with van der Waals surface area (Å²) in [7, 11) is 0. The molecule has 1 aliphatic carbocycles. The van der Waals surface area contributed by atoms with Crippen LogP contribution in [0.15, 0.2) is 140 Å². The highest BCUT2D eigenvalue weighted by molar-refractivity contribution is 5.88. The summed E-state index contributed by atoms with van der Waals surface area (Å²) in [6.07, 6.45) is 1.11. The molecular formula is C44H37N3. The quantitative estimate of drug-likeness (QED) is 0.195. The number of fused-ring (bicyclic) bond motifs is 2. The molecule has 0 unspecified atom stereocenters. The van der Waals surface area contributed by atoms with Crippen molar-refractivity contribution in [2.75, 3.05) is 0 Å². The maximum absolute atomic E-state index is 5.14. The van der Waals surface area contributed by atoms with E-state index >= 15 is 0 Å². The highest BCUT2D eigenvalue weighted by Crippen LogP contribution is 2.50. The van der Waals surface area contributed by atoms with Crippen LogP contribution in [0.3, 0.4) is 0 Å². The summed E-state index contributed by atoms with van der Waals surface area (Å²) in [6, 6.07) is 49.4.